The summed E-state index contributed by atoms with van der Waals surface area (Å²) in [7, 11) is 3.55. The zero-order valence-corrected chi connectivity index (χ0v) is 15.3. The summed E-state index contributed by atoms with van der Waals surface area (Å²) in [4.78, 5) is 6.43. The molecule has 2 N–H and O–H groups in total. The van der Waals surface area contributed by atoms with Crippen molar-refractivity contribution in [2.45, 2.75) is 6.04 Å². The second-order valence-electron chi connectivity index (χ2n) is 4.92. The van der Waals surface area contributed by atoms with Gasteiger partial charge in [0, 0.05) is 33.7 Å². The lowest BCUT2D eigenvalue weighted by Gasteiger charge is -2.35. The van der Waals surface area contributed by atoms with E-state index in [0.29, 0.717) is 19.8 Å². The standard InChI is InChI=1S/C15H23FN4O.HI/c1-17-15(18-2)19-11-14(20-6-8-21-9-7-20)12-4-3-5-13(16)10-12;/h3-5,10,14H,6-9,11H2,1-2H3,(H2,17,18,19);1H. The molecule has 1 fully saturated rings. The number of aliphatic imine (C=N–C) groups is 1. The molecule has 0 bridgehead atoms. The number of hydrogen-bond donors (Lipinski definition) is 2. The Morgan fingerprint density at radius 2 is 2.14 bits per heavy atom. The SMILES string of the molecule is CN=C(NC)NCC(c1cccc(F)c1)N1CCOCC1.I. The van der Waals surface area contributed by atoms with Crippen molar-refractivity contribution in [2.24, 2.45) is 4.99 Å². The van der Waals surface area contributed by atoms with Gasteiger partial charge in [0.05, 0.1) is 19.3 Å². The molecule has 0 amide bonds. The molecule has 1 heterocycles. The van der Waals surface area contributed by atoms with Crippen LogP contribution in [0, 0.1) is 5.82 Å². The molecule has 22 heavy (non-hydrogen) atoms. The Kier molecular flexibility index (Phi) is 8.66. The smallest absolute Gasteiger partial charge is 0.190 e. The number of guanidine groups is 1. The van der Waals surface area contributed by atoms with Crippen LogP contribution in [0.25, 0.3) is 0 Å². The predicted octanol–water partition coefficient (Wildman–Crippen LogP) is 1.61. The summed E-state index contributed by atoms with van der Waals surface area (Å²) >= 11 is 0. The van der Waals surface area contributed by atoms with Crippen LogP contribution in [0.4, 0.5) is 4.39 Å². The van der Waals surface area contributed by atoms with Crippen molar-refractivity contribution < 1.29 is 9.13 Å². The maximum atomic E-state index is 13.5. The van der Waals surface area contributed by atoms with E-state index in [1.54, 1.807) is 19.2 Å². The number of benzene rings is 1. The van der Waals surface area contributed by atoms with Crippen LogP contribution in [0.15, 0.2) is 29.3 Å². The van der Waals surface area contributed by atoms with Gasteiger partial charge in [-0.25, -0.2) is 4.39 Å². The lowest BCUT2D eigenvalue weighted by molar-refractivity contribution is 0.0169. The highest BCUT2D eigenvalue weighted by Gasteiger charge is 2.23. The van der Waals surface area contributed by atoms with Gasteiger partial charge in [0.25, 0.3) is 0 Å². The molecule has 124 valence electrons. The van der Waals surface area contributed by atoms with Crippen molar-refractivity contribution in [1.29, 1.82) is 0 Å². The summed E-state index contributed by atoms with van der Waals surface area (Å²) < 4.78 is 18.9. The molecule has 1 aliphatic rings. The third-order valence-electron chi connectivity index (χ3n) is 3.64. The molecule has 1 saturated heterocycles. The number of nitrogens with one attached hydrogen (secondary N) is 2. The van der Waals surface area contributed by atoms with E-state index in [2.05, 4.69) is 20.5 Å². The fraction of sp³-hybridized carbons (Fsp3) is 0.533. The third-order valence-corrected chi connectivity index (χ3v) is 3.64. The molecule has 0 saturated carbocycles. The van der Waals surface area contributed by atoms with Crippen LogP contribution in [0.2, 0.25) is 0 Å². The topological polar surface area (TPSA) is 48.9 Å². The Morgan fingerprint density at radius 1 is 1.41 bits per heavy atom. The quantitative estimate of drug-likeness (QED) is 0.440. The first-order valence-corrected chi connectivity index (χ1v) is 7.20. The van der Waals surface area contributed by atoms with E-state index in [-0.39, 0.29) is 35.8 Å². The Hall–Kier alpha value is -0.930. The van der Waals surface area contributed by atoms with Crippen molar-refractivity contribution in [3.63, 3.8) is 0 Å². The van der Waals surface area contributed by atoms with Gasteiger partial charge in [-0.3, -0.25) is 9.89 Å². The van der Waals surface area contributed by atoms with Crippen molar-refractivity contribution in [3.8, 4) is 0 Å². The first kappa shape index (κ1) is 19.1. The zero-order valence-electron chi connectivity index (χ0n) is 13.0. The number of hydrogen-bond acceptors (Lipinski definition) is 3. The predicted molar refractivity (Wildman–Crippen MR) is 97.4 cm³/mol. The molecule has 7 heteroatoms. The summed E-state index contributed by atoms with van der Waals surface area (Å²) in [6, 6.07) is 6.89. The van der Waals surface area contributed by atoms with E-state index in [1.807, 2.05) is 13.1 Å². The van der Waals surface area contributed by atoms with Gasteiger partial charge in [0.15, 0.2) is 5.96 Å². The van der Waals surface area contributed by atoms with Gasteiger partial charge in [-0.2, -0.15) is 0 Å². The number of halogens is 2. The molecule has 1 unspecified atom stereocenters. The molecule has 0 radical (unpaired) electrons. The summed E-state index contributed by atoms with van der Waals surface area (Å²) in [5, 5.41) is 6.26. The largest absolute Gasteiger partial charge is 0.379 e. The van der Waals surface area contributed by atoms with Crippen LogP contribution >= 0.6 is 24.0 Å². The van der Waals surface area contributed by atoms with Crippen LogP contribution in [-0.4, -0.2) is 57.8 Å². The highest BCUT2D eigenvalue weighted by Crippen LogP contribution is 2.22. The fourth-order valence-corrected chi connectivity index (χ4v) is 2.53. The van der Waals surface area contributed by atoms with Crippen molar-refractivity contribution in [1.82, 2.24) is 15.5 Å². The average molecular weight is 422 g/mol. The molecule has 0 aromatic heterocycles. The van der Waals surface area contributed by atoms with E-state index in [0.717, 1.165) is 24.6 Å². The summed E-state index contributed by atoms with van der Waals surface area (Å²) in [6.45, 7) is 3.79. The Labute approximate surface area is 148 Å². The van der Waals surface area contributed by atoms with Crippen LogP contribution in [0.1, 0.15) is 11.6 Å². The normalized spacial score (nSPS) is 17.5. The molecule has 1 aromatic rings. The van der Waals surface area contributed by atoms with Crippen molar-refractivity contribution >= 4 is 29.9 Å². The van der Waals surface area contributed by atoms with Crippen LogP contribution < -0.4 is 10.6 Å². The lowest BCUT2D eigenvalue weighted by atomic mass is 10.0. The Morgan fingerprint density at radius 3 is 2.73 bits per heavy atom. The van der Waals surface area contributed by atoms with Crippen molar-refractivity contribution in [3.05, 3.63) is 35.6 Å². The molecule has 1 aliphatic heterocycles. The van der Waals surface area contributed by atoms with Gasteiger partial charge in [-0.15, -0.1) is 24.0 Å². The van der Waals surface area contributed by atoms with Gasteiger partial charge in [-0.05, 0) is 17.7 Å². The minimum atomic E-state index is -0.205. The van der Waals surface area contributed by atoms with E-state index in [9.17, 15) is 4.39 Å². The molecular weight excluding hydrogens is 398 g/mol. The molecule has 2 rings (SSSR count). The third kappa shape index (κ3) is 5.36. The van der Waals surface area contributed by atoms with Gasteiger partial charge in [-0.1, -0.05) is 12.1 Å². The van der Waals surface area contributed by atoms with Gasteiger partial charge >= 0.3 is 0 Å². The number of ether oxygens (including phenoxy) is 1. The Bertz CT molecular complexity index is 480. The second-order valence-corrected chi connectivity index (χ2v) is 4.92. The molecule has 1 aromatic carbocycles. The maximum Gasteiger partial charge on any atom is 0.190 e. The zero-order chi connectivity index (χ0) is 15.1. The number of rotatable bonds is 4. The lowest BCUT2D eigenvalue weighted by Crippen LogP contribution is -2.45. The fourth-order valence-electron chi connectivity index (χ4n) is 2.53. The number of morpholine rings is 1. The minimum Gasteiger partial charge on any atom is -0.379 e. The maximum absolute atomic E-state index is 13.5. The summed E-state index contributed by atoms with van der Waals surface area (Å²) in [6.07, 6.45) is 0. The van der Waals surface area contributed by atoms with Gasteiger partial charge in [0.2, 0.25) is 0 Å². The first-order valence-electron chi connectivity index (χ1n) is 7.20. The molecule has 0 aliphatic carbocycles. The molecule has 1 atom stereocenters. The van der Waals surface area contributed by atoms with Crippen molar-refractivity contribution in [2.75, 3.05) is 46.9 Å². The second kappa shape index (κ2) is 9.96. The van der Waals surface area contributed by atoms with Gasteiger partial charge < -0.3 is 15.4 Å². The summed E-state index contributed by atoms with van der Waals surface area (Å²) in [5.74, 6) is 0.522. The van der Waals surface area contributed by atoms with Gasteiger partial charge in [0.1, 0.15) is 5.82 Å². The highest BCUT2D eigenvalue weighted by molar-refractivity contribution is 14.0. The minimum absolute atomic E-state index is 0. The Balaban J connectivity index is 0.00000242. The van der Waals surface area contributed by atoms with Crippen LogP contribution in [0.5, 0.6) is 0 Å². The number of nitrogens with zero attached hydrogens (tertiary/aromatic N) is 2. The van der Waals surface area contributed by atoms with E-state index in [1.165, 1.54) is 6.07 Å². The van der Waals surface area contributed by atoms with E-state index >= 15 is 0 Å². The van der Waals surface area contributed by atoms with Crippen LogP contribution in [0.3, 0.4) is 0 Å². The van der Waals surface area contributed by atoms with E-state index in [4.69, 9.17) is 4.74 Å². The van der Waals surface area contributed by atoms with E-state index < -0.39 is 0 Å². The first-order chi connectivity index (χ1) is 10.2. The molecule has 0 spiro atoms. The molecular formula is C15H24FIN4O. The monoisotopic (exact) mass is 422 g/mol. The highest BCUT2D eigenvalue weighted by atomic mass is 127. The van der Waals surface area contributed by atoms with Crippen LogP contribution in [-0.2, 0) is 4.74 Å². The average Bonchev–Trinajstić information content (AvgIpc) is 2.52. The summed E-state index contributed by atoms with van der Waals surface area (Å²) in [5.41, 5.74) is 0.968. The molecule has 5 nitrogen and oxygen atoms in total.